The van der Waals surface area contributed by atoms with E-state index in [0.717, 1.165) is 49.7 Å². The van der Waals surface area contributed by atoms with Gasteiger partial charge in [0.15, 0.2) is 0 Å². The van der Waals surface area contributed by atoms with E-state index in [2.05, 4.69) is 17.9 Å². The van der Waals surface area contributed by atoms with Crippen molar-refractivity contribution in [2.24, 2.45) is 0 Å². The monoisotopic (exact) mass is 368 g/mol. The van der Waals surface area contributed by atoms with Crippen LogP contribution in [0.5, 0.6) is 11.5 Å². The van der Waals surface area contributed by atoms with Crippen LogP contribution < -0.4 is 14.4 Å². The molecule has 1 aliphatic rings. The van der Waals surface area contributed by atoms with Crippen molar-refractivity contribution in [1.29, 1.82) is 0 Å². The average molecular weight is 368 g/mol. The molecule has 5 nitrogen and oxygen atoms in total. The third-order valence-corrected chi connectivity index (χ3v) is 4.85. The number of unbranched alkanes of at least 4 members (excludes halogenated alkanes) is 1. The van der Waals surface area contributed by atoms with Gasteiger partial charge in [0, 0.05) is 43.5 Å². The van der Waals surface area contributed by atoms with Gasteiger partial charge in [-0.2, -0.15) is 0 Å². The van der Waals surface area contributed by atoms with E-state index in [1.54, 1.807) is 7.11 Å². The van der Waals surface area contributed by atoms with Crippen molar-refractivity contribution in [3.63, 3.8) is 0 Å². The van der Waals surface area contributed by atoms with E-state index < -0.39 is 0 Å². The quantitative estimate of drug-likeness (QED) is 0.697. The first kappa shape index (κ1) is 19.1. The number of amides is 1. The summed E-state index contributed by atoms with van der Waals surface area (Å²) in [5, 5.41) is 0. The van der Waals surface area contributed by atoms with Gasteiger partial charge in [-0.15, -0.1) is 0 Å². The van der Waals surface area contributed by atoms with Crippen LogP contribution in [0.3, 0.4) is 0 Å². The standard InChI is InChI=1S/C22H28N2O3/c1-3-4-16-27-20-10-8-18(9-11-20)22(25)24-14-12-23(13-15-24)19-6-5-7-21(17-19)26-2/h5-11,17H,3-4,12-16H2,1-2H3. The maximum Gasteiger partial charge on any atom is 0.253 e. The fourth-order valence-corrected chi connectivity index (χ4v) is 3.19. The summed E-state index contributed by atoms with van der Waals surface area (Å²) in [6.07, 6.45) is 2.15. The molecule has 0 spiro atoms. The first-order chi connectivity index (χ1) is 13.2. The van der Waals surface area contributed by atoms with Crippen LogP contribution in [-0.4, -0.2) is 50.7 Å². The van der Waals surface area contributed by atoms with Crippen molar-refractivity contribution < 1.29 is 14.3 Å². The van der Waals surface area contributed by atoms with Gasteiger partial charge in [-0.1, -0.05) is 19.4 Å². The van der Waals surface area contributed by atoms with Gasteiger partial charge in [-0.3, -0.25) is 4.79 Å². The smallest absolute Gasteiger partial charge is 0.253 e. The SMILES string of the molecule is CCCCOc1ccc(C(=O)N2CCN(c3cccc(OC)c3)CC2)cc1. The number of ether oxygens (including phenoxy) is 2. The second kappa shape index (κ2) is 9.31. The van der Waals surface area contributed by atoms with Crippen molar-refractivity contribution in [2.45, 2.75) is 19.8 Å². The van der Waals surface area contributed by atoms with Crippen LogP contribution in [0.1, 0.15) is 30.1 Å². The maximum atomic E-state index is 12.8. The Kier molecular flexibility index (Phi) is 6.58. The van der Waals surface area contributed by atoms with Crippen LogP contribution >= 0.6 is 0 Å². The van der Waals surface area contributed by atoms with Crippen molar-refractivity contribution in [2.75, 3.05) is 44.8 Å². The lowest BCUT2D eigenvalue weighted by Crippen LogP contribution is -2.48. The molecule has 0 N–H and O–H groups in total. The molecule has 1 aliphatic heterocycles. The van der Waals surface area contributed by atoms with Gasteiger partial charge in [0.25, 0.3) is 5.91 Å². The predicted octanol–water partition coefficient (Wildman–Crippen LogP) is 3.84. The molecule has 1 fully saturated rings. The van der Waals surface area contributed by atoms with E-state index in [4.69, 9.17) is 9.47 Å². The Balaban J connectivity index is 1.55. The fraction of sp³-hybridized carbons (Fsp3) is 0.409. The molecule has 1 saturated heterocycles. The molecule has 0 aromatic heterocycles. The molecule has 27 heavy (non-hydrogen) atoms. The highest BCUT2D eigenvalue weighted by molar-refractivity contribution is 5.94. The van der Waals surface area contributed by atoms with Crippen molar-refractivity contribution in [1.82, 2.24) is 4.90 Å². The third-order valence-electron chi connectivity index (χ3n) is 4.85. The van der Waals surface area contributed by atoms with Crippen LogP contribution in [0.2, 0.25) is 0 Å². The molecule has 0 aliphatic carbocycles. The van der Waals surface area contributed by atoms with Gasteiger partial charge in [0.2, 0.25) is 0 Å². The molecule has 5 heteroatoms. The first-order valence-electron chi connectivity index (χ1n) is 9.62. The van der Waals surface area contributed by atoms with Crippen molar-refractivity contribution in [3.05, 3.63) is 54.1 Å². The summed E-state index contributed by atoms with van der Waals surface area (Å²) in [5.74, 6) is 1.76. The third kappa shape index (κ3) is 4.94. The van der Waals surface area contributed by atoms with Gasteiger partial charge >= 0.3 is 0 Å². The number of methoxy groups -OCH3 is 1. The molecular weight excluding hydrogens is 340 g/mol. The molecule has 3 rings (SSSR count). The molecule has 0 unspecified atom stereocenters. The molecule has 2 aromatic carbocycles. The van der Waals surface area contributed by atoms with Gasteiger partial charge in [-0.25, -0.2) is 0 Å². The van der Waals surface area contributed by atoms with E-state index >= 15 is 0 Å². The van der Waals surface area contributed by atoms with Crippen molar-refractivity contribution in [3.8, 4) is 11.5 Å². The van der Waals surface area contributed by atoms with Crippen LogP contribution in [0, 0.1) is 0 Å². The first-order valence-corrected chi connectivity index (χ1v) is 9.62. The Morgan fingerprint density at radius 3 is 2.41 bits per heavy atom. The van der Waals surface area contributed by atoms with Crippen LogP contribution in [0.4, 0.5) is 5.69 Å². The Hall–Kier alpha value is -2.69. The summed E-state index contributed by atoms with van der Waals surface area (Å²) in [7, 11) is 1.68. The van der Waals surface area contributed by atoms with E-state index in [1.165, 1.54) is 0 Å². The van der Waals surface area contributed by atoms with Gasteiger partial charge in [0.1, 0.15) is 11.5 Å². The Labute approximate surface area is 161 Å². The summed E-state index contributed by atoms with van der Waals surface area (Å²) in [6.45, 7) is 5.92. The number of hydrogen-bond donors (Lipinski definition) is 0. The van der Waals surface area contributed by atoms with E-state index in [-0.39, 0.29) is 5.91 Å². The highest BCUT2D eigenvalue weighted by Gasteiger charge is 2.22. The molecule has 1 amide bonds. The van der Waals surface area contributed by atoms with Crippen molar-refractivity contribution >= 4 is 11.6 Å². The van der Waals surface area contributed by atoms with E-state index in [9.17, 15) is 4.79 Å². The normalized spacial score (nSPS) is 14.1. The van der Waals surface area contributed by atoms with Gasteiger partial charge < -0.3 is 19.3 Å². The zero-order valence-corrected chi connectivity index (χ0v) is 16.2. The molecule has 2 aromatic rings. The number of hydrogen-bond acceptors (Lipinski definition) is 4. The molecule has 0 bridgehead atoms. The fourth-order valence-electron chi connectivity index (χ4n) is 3.19. The minimum Gasteiger partial charge on any atom is -0.497 e. The second-order valence-electron chi connectivity index (χ2n) is 6.71. The summed E-state index contributed by atoms with van der Waals surface area (Å²) < 4.78 is 11.0. The Morgan fingerprint density at radius 2 is 1.74 bits per heavy atom. The minimum absolute atomic E-state index is 0.0837. The van der Waals surface area contributed by atoms with Gasteiger partial charge in [-0.05, 0) is 42.8 Å². The molecule has 0 saturated carbocycles. The van der Waals surface area contributed by atoms with Gasteiger partial charge in [0.05, 0.1) is 13.7 Å². The predicted molar refractivity (Wildman–Crippen MR) is 108 cm³/mol. The van der Waals surface area contributed by atoms with E-state index in [1.807, 2.05) is 47.4 Å². The zero-order valence-electron chi connectivity index (χ0n) is 16.2. The Bertz CT molecular complexity index is 737. The summed E-state index contributed by atoms with van der Waals surface area (Å²) in [4.78, 5) is 17.0. The number of rotatable bonds is 7. The number of nitrogens with zero attached hydrogens (tertiary/aromatic N) is 2. The maximum absolute atomic E-state index is 12.8. The zero-order chi connectivity index (χ0) is 19.1. The summed E-state index contributed by atoms with van der Waals surface area (Å²) >= 11 is 0. The summed E-state index contributed by atoms with van der Waals surface area (Å²) in [5.41, 5.74) is 1.85. The summed E-state index contributed by atoms with van der Waals surface area (Å²) in [6, 6.07) is 15.5. The highest BCUT2D eigenvalue weighted by atomic mass is 16.5. The molecule has 0 atom stereocenters. The minimum atomic E-state index is 0.0837. The molecule has 1 heterocycles. The lowest BCUT2D eigenvalue weighted by atomic mass is 10.1. The Morgan fingerprint density at radius 1 is 1.00 bits per heavy atom. The number of carbonyl (C=O) groups excluding carboxylic acids is 1. The number of piperazine rings is 1. The molecular formula is C22H28N2O3. The average Bonchev–Trinajstić information content (AvgIpc) is 2.74. The largest absolute Gasteiger partial charge is 0.497 e. The number of benzene rings is 2. The highest BCUT2D eigenvalue weighted by Crippen LogP contribution is 2.23. The number of anilines is 1. The van der Waals surface area contributed by atoms with Crippen LogP contribution in [-0.2, 0) is 0 Å². The topological polar surface area (TPSA) is 42.0 Å². The van der Waals surface area contributed by atoms with E-state index in [0.29, 0.717) is 18.7 Å². The number of carbonyl (C=O) groups is 1. The second-order valence-corrected chi connectivity index (χ2v) is 6.71. The van der Waals surface area contributed by atoms with Crippen LogP contribution in [0.25, 0.3) is 0 Å². The van der Waals surface area contributed by atoms with Crippen LogP contribution in [0.15, 0.2) is 48.5 Å². The lowest BCUT2D eigenvalue weighted by Gasteiger charge is -2.36. The molecule has 144 valence electrons. The molecule has 0 radical (unpaired) electrons. The lowest BCUT2D eigenvalue weighted by molar-refractivity contribution is 0.0746.